The van der Waals surface area contributed by atoms with Crippen LogP contribution in [0.15, 0.2) is 30.3 Å². The number of rotatable bonds is 9. The third-order valence-corrected chi connectivity index (χ3v) is 4.73. The third kappa shape index (κ3) is 5.83. The Labute approximate surface area is 149 Å². The SMILES string of the molecule is CCCN(CC(=O)O)CC(=O)NCC1(c2ccccc2)CCOCC1. The molecule has 138 valence electrons. The molecule has 1 saturated heterocycles. The Balaban J connectivity index is 1.98. The average Bonchev–Trinajstić information content (AvgIpc) is 2.61. The van der Waals surface area contributed by atoms with E-state index >= 15 is 0 Å². The lowest BCUT2D eigenvalue weighted by Crippen LogP contribution is -2.47. The number of ether oxygens (including phenoxy) is 1. The van der Waals surface area contributed by atoms with E-state index in [1.165, 1.54) is 5.56 Å². The lowest BCUT2D eigenvalue weighted by molar-refractivity contribution is -0.138. The summed E-state index contributed by atoms with van der Waals surface area (Å²) in [5, 5.41) is 12.0. The Morgan fingerprint density at radius 3 is 2.48 bits per heavy atom. The molecule has 1 aliphatic rings. The summed E-state index contributed by atoms with van der Waals surface area (Å²) in [6, 6.07) is 10.2. The standard InChI is InChI=1S/C19H28N2O4/c1-2-10-21(14-18(23)24)13-17(22)20-15-19(8-11-25-12-9-19)16-6-4-3-5-7-16/h3-7H,2,8-15H2,1H3,(H,20,22)(H,23,24). The molecule has 1 aromatic carbocycles. The van der Waals surface area contributed by atoms with E-state index < -0.39 is 5.97 Å². The van der Waals surface area contributed by atoms with E-state index in [4.69, 9.17) is 9.84 Å². The molecule has 1 amide bonds. The number of nitrogens with zero attached hydrogens (tertiary/aromatic N) is 1. The van der Waals surface area contributed by atoms with E-state index in [9.17, 15) is 9.59 Å². The second kappa shape index (κ2) is 9.53. The highest BCUT2D eigenvalue weighted by Crippen LogP contribution is 2.34. The fraction of sp³-hybridized carbons (Fsp3) is 0.579. The van der Waals surface area contributed by atoms with Crippen LogP contribution in [0, 0.1) is 0 Å². The first-order chi connectivity index (χ1) is 12.1. The smallest absolute Gasteiger partial charge is 0.317 e. The van der Waals surface area contributed by atoms with Crippen molar-refractivity contribution in [2.45, 2.75) is 31.6 Å². The number of carboxylic acid groups (broad SMARTS) is 1. The Hall–Kier alpha value is -1.92. The summed E-state index contributed by atoms with van der Waals surface area (Å²) in [6.07, 6.45) is 2.54. The number of hydrogen-bond acceptors (Lipinski definition) is 4. The predicted molar refractivity (Wildman–Crippen MR) is 95.5 cm³/mol. The molecule has 0 aromatic heterocycles. The molecule has 1 aromatic rings. The van der Waals surface area contributed by atoms with Gasteiger partial charge in [0, 0.05) is 25.2 Å². The van der Waals surface area contributed by atoms with Crippen LogP contribution in [-0.4, -0.2) is 61.3 Å². The number of amides is 1. The molecule has 1 fully saturated rings. The summed E-state index contributed by atoms with van der Waals surface area (Å²) < 4.78 is 5.51. The normalized spacial score (nSPS) is 16.6. The maximum absolute atomic E-state index is 12.3. The van der Waals surface area contributed by atoms with Crippen molar-refractivity contribution in [2.24, 2.45) is 0 Å². The summed E-state index contributed by atoms with van der Waals surface area (Å²) in [5.41, 5.74) is 1.10. The number of carboxylic acids is 1. The molecule has 2 N–H and O–H groups in total. The van der Waals surface area contributed by atoms with Crippen molar-refractivity contribution in [2.75, 3.05) is 39.4 Å². The van der Waals surface area contributed by atoms with Crippen molar-refractivity contribution in [3.8, 4) is 0 Å². The first kappa shape index (κ1) is 19.4. The average molecular weight is 348 g/mol. The second-order valence-corrected chi connectivity index (χ2v) is 6.64. The van der Waals surface area contributed by atoms with Gasteiger partial charge in [0.05, 0.1) is 13.1 Å². The highest BCUT2D eigenvalue weighted by Gasteiger charge is 2.34. The van der Waals surface area contributed by atoms with Gasteiger partial charge in [0.25, 0.3) is 0 Å². The number of benzene rings is 1. The number of aliphatic carboxylic acids is 1. The van der Waals surface area contributed by atoms with E-state index in [2.05, 4.69) is 17.4 Å². The summed E-state index contributed by atoms with van der Waals surface area (Å²) in [5.74, 6) is -1.04. The van der Waals surface area contributed by atoms with E-state index in [0.717, 1.165) is 19.3 Å². The summed E-state index contributed by atoms with van der Waals surface area (Å²) >= 11 is 0. The van der Waals surface area contributed by atoms with Crippen LogP contribution in [0.3, 0.4) is 0 Å². The van der Waals surface area contributed by atoms with Gasteiger partial charge in [-0.15, -0.1) is 0 Å². The molecule has 6 nitrogen and oxygen atoms in total. The lowest BCUT2D eigenvalue weighted by atomic mass is 9.74. The van der Waals surface area contributed by atoms with E-state index in [1.54, 1.807) is 4.90 Å². The van der Waals surface area contributed by atoms with Crippen molar-refractivity contribution >= 4 is 11.9 Å². The molecule has 0 bridgehead atoms. The van der Waals surface area contributed by atoms with Crippen molar-refractivity contribution in [1.29, 1.82) is 0 Å². The van der Waals surface area contributed by atoms with Crippen molar-refractivity contribution < 1.29 is 19.4 Å². The number of carbonyl (C=O) groups excluding carboxylic acids is 1. The Kier molecular flexibility index (Phi) is 7.40. The Morgan fingerprint density at radius 1 is 1.20 bits per heavy atom. The minimum atomic E-state index is -0.911. The van der Waals surface area contributed by atoms with Gasteiger partial charge in [0.1, 0.15) is 0 Å². The van der Waals surface area contributed by atoms with Crippen LogP contribution in [0.4, 0.5) is 0 Å². The van der Waals surface area contributed by atoms with Crippen LogP contribution in [0.5, 0.6) is 0 Å². The molecule has 0 aliphatic carbocycles. The highest BCUT2D eigenvalue weighted by atomic mass is 16.5. The topological polar surface area (TPSA) is 78.9 Å². The van der Waals surface area contributed by atoms with Crippen molar-refractivity contribution in [1.82, 2.24) is 10.2 Å². The third-order valence-electron chi connectivity index (χ3n) is 4.73. The van der Waals surface area contributed by atoms with Gasteiger partial charge in [-0.3, -0.25) is 14.5 Å². The van der Waals surface area contributed by atoms with Gasteiger partial charge in [-0.2, -0.15) is 0 Å². The van der Waals surface area contributed by atoms with Gasteiger partial charge >= 0.3 is 5.97 Å². The monoisotopic (exact) mass is 348 g/mol. The molecule has 0 radical (unpaired) electrons. The molecule has 0 spiro atoms. The fourth-order valence-electron chi connectivity index (χ4n) is 3.37. The van der Waals surface area contributed by atoms with Crippen LogP contribution >= 0.6 is 0 Å². The molecule has 0 unspecified atom stereocenters. The zero-order chi connectivity index (χ0) is 18.1. The molecule has 0 atom stereocenters. The minimum Gasteiger partial charge on any atom is -0.480 e. The second-order valence-electron chi connectivity index (χ2n) is 6.64. The summed E-state index contributed by atoms with van der Waals surface area (Å²) in [7, 11) is 0. The number of nitrogens with one attached hydrogen (secondary N) is 1. The summed E-state index contributed by atoms with van der Waals surface area (Å²) in [4.78, 5) is 24.9. The largest absolute Gasteiger partial charge is 0.480 e. The first-order valence-electron chi connectivity index (χ1n) is 8.90. The van der Waals surface area contributed by atoms with Crippen molar-refractivity contribution in [3.05, 3.63) is 35.9 Å². The first-order valence-corrected chi connectivity index (χ1v) is 8.90. The van der Waals surface area contributed by atoms with Gasteiger partial charge in [-0.1, -0.05) is 37.3 Å². The quantitative estimate of drug-likeness (QED) is 0.709. The minimum absolute atomic E-state index is 0.112. The van der Waals surface area contributed by atoms with Gasteiger partial charge in [0.15, 0.2) is 0 Å². The molecule has 2 rings (SSSR count). The Bertz CT molecular complexity index is 556. The maximum atomic E-state index is 12.3. The van der Waals surface area contributed by atoms with Gasteiger partial charge < -0.3 is 15.2 Å². The molecule has 6 heteroatoms. The zero-order valence-electron chi connectivity index (χ0n) is 14.9. The van der Waals surface area contributed by atoms with Crippen LogP contribution in [-0.2, 0) is 19.7 Å². The van der Waals surface area contributed by atoms with Crippen LogP contribution < -0.4 is 5.32 Å². The maximum Gasteiger partial charge on any atom is 0.317 e. The van der Waals surface area contributed by atoms with Gasteiger partial charge in [-0.25, -0.2) is 0 Å². The van der Waals surface area contributed by atoms with Crippen LogP contribution in [0.25, 0.3) is 0 Å². The molecular formula is C19H28N2O4. The van der Waals surface area contributed by atoms with Crippen molar-refractivity contribution in [3.63, 3.8) is 0 Å². The molecular weight excluding hydrogens is 320 g/mol. The van der Waals surface area contributed by atoms with E-state index in [0.29, 0.717) is 26.3 Å². The highest BCUT2D eigenvalue weighted by molar-refractivity contribution is 5.79. The molecule has 1 heterocycles. The molecule has 1 aliphatic heterocycles. The van der Waals surface area contributed by atoms with Crippen LogP contribution in [0.2, 0.25) is 0 Å². The number of carbonyl (C=O) groups is 2. The van der Waals surface area contributed by atoms with Crippen LogP contribution in [0.1, 0.15) is 31.7 Å². The molecule has 0 saturated carbocycles. The Morgan fingerprint density at radius 2 is 1.88 bits per heavy atom. The van der Waals surface area contributed by atoms with Gasteiger partial charge in [0.2, 0.25) is 5.91 Å². The predicted octanol–water partition coefficient (Wildman–Crippen LogP) is 1.65. The van der Waals surface area contributed by atoms with E-state index in [-0.39, 0.29) is 24.4 Å². The zero-order valence-corrected chi connectivity index (χ0v) is 14.9. The van der Waals surface area contributed by atoms with Gasteiger partial charge in [-0.05, 0) is 31.4 Å². The lowest BCUT2D eigenvalue weighted by Gasteiger charge is -2.38. The fourth-order valence-corrected chi connectivity index (χ4v) is 3.37. The number of hydrogen-bond donors (Lipinski definition) is 2. The molecule has 25 heavy (non-hydrogen) atoms. The van der Waals surface area contributed by atoms with E-state index in [1.807, 2.05) is 25.1 Å². The summed E-state index contributed by atoms with van der Waals surface area (Å²) in [6.45, 7) is 4.49.